The number of nitrogens with zero attached hydrogens (tertiary/aromatic N) is 1. The minimum atomic E-state index is -0.657. The number of aromatic nitrogens is 1. The second kappa shape index (κ2) is 6.20. The van der Waals surface area contributed by atoms with Crippen LogP contribution in [0.15, 0.2) is 42.6 Å². The van der Waals surface area contributed by atoms with E-state index in [2.05, 4.69) is 4.98 Å². The Morgan fingerprint density at radius 3 is 2.74 bits per heavy atom. The highest BCUT2D eigenvalue weighted by molar-refractivity contribution is 5.32. The Morgan fingerprint density at radius 2 is 2.00 bits per heavy atom. The third kappa shape index (κ3) is 3.23. The van der Waals surface area contributed by atoms with E-state index < -0.39 is 6.10 Å². The van der Waals surface area contributed by atoms with Crippen LogP contribution in [-0.2, 0) is 6.42 Å². The fraction of sp³-hybridized carbons (Fsp3) is 0.267. The first kappa shape index (κ1) is 13.4. The van der Waals surface area contributed by atoms with Crippen molar-refractivity contribution >= 4 is 0 Å². The molecule has 19 heavy (non-hydrogen) atoms. The molecule has 2 rings (SSSR count). The van der Waals surface area contributed by atoms with E-state index in [9.17, 15) is 5.11 Å². The lowest BCUT2D eigenvalue weighted by Crippen LogP contribution is -2.05. The molecule has 0 fully saturated rings. The Hall–Kier alpha value is -2.07. The second-order valence-corrected chi connectivity index (χ2v) is 4.17. The third-order valence-corrected chi connectivity index (χ3v) is 2.92. The normalized spacial score (nSPS) is 11.9. The number of ether oxygens (including phenoxy) is 2. The molecule has 100 valence electrons. The van der Waals surface area contributed by atoms with E-state index in [0.717, 1.165) is 11.3 Å². The summed E-state index contributed by atoms with van der Waals surface area (Å²) in [5, 5.41) is 10.3. The number of hydrogen-bond donors (Lipinski definition) is 1. The Kier molecular flexibility index (Phi) is 4.36. The molecular formula is C15H17NO3. The van der Waals surface area contributed by atoms with Crippen molar-refractivity contribution in [2.24, 2.45) is 0 Å². The van der Waals surface area contributed by atoms with Crippen LogP contribution in [-0.4, -0.2) is 24.3 Å². The van der Waals surface area contributed by atoms with Gasteiger partial charge in [0, 0.05) is 18.2 Å². The van der Waals surface area contributed by atoms with E-state index in [1.807, 2.05) is 30.3 Å². The lowest BCUT2D eigenvalue weighted by molar-refractivity contribution is 0.173. The van der Waals surface area contributed by atoms with E-state index in [1.54, 1.807) is 26.5 Å². The van der Waals surface area contributed by atoms with Crippen LogP contribution in [0.1, 0.15) is 17.2 Å². The summed E-state index contributed by atoms with van der Waals surface area (Å²) in [6.45, 7) is 0. The minimum Gasteiger partial charge on any atom is -0.497 e. The molecule has 0 aliphatic carbocycles. The highest BCUT2D eigenvalue weighted by Gasteiger charge is 2.14. The van der Waals surface area contributed by atoms with Gasteiger partial charge in [-0.2, -0.15) is 0 Å². The molecule has 1 N–H and O–H groups in total. The monoisotopic (exact) mass is 259 g/mol. The van der Waals surface area contributed by atoms with Crippen LogP contribution in [0.4, 0.5) is 0 Å². The predicted molar refractivity (Wildman–Crippen MR) is 72.4 cm³/mol. The smallest absolute Gasteiger partial charge is 0.218 e. The largest absolute Gasteiger partial charge is 0.497 e. The van der Waals surface area contributed by atoms with Crippen LogP contribution in [0.2, 0.25) is 0 Å². The Balaban J connectivity index is 2.18. The minimum absolute atomic E-state index is 0.456. The van der Waals surface area contributed by atoms with Gasteiger partial charge in [0.25, 0.3) is 0 Å². The van der Waals surface area contributed by atoms with Crippen molar-refractivity contribution in [3.8, 4) is 11.6 Å². The van der Waals surface area contributed by atoms with E-state index in [0.29, 0.717) is 17.9 Å². The standard InChI is InChI=1S/C15H17NO3/c1-18-12-6-3-5-11(9-12)10-14(17)13-7-4-8-16-15(13)19-2/h3-9,14,17H,10H2,1-2H3. The maximum absolute atomic E-state index is 10.3. The van der Waals surface area contributed by atoms with Gasteiger partial charge in [-0.15, -0.1) is 0 Å². The quantitative estimate of drug-likeness (QED) is 0.895. The zero-order valence-corrected chi connectivity index (χ0v) is 11.0. The first-order valence-corrected chi connectivity index (χ1v) is 6.04. The maximum atomic E-state index is 10.3. The van der Waals surface area contributed by atoms with Crippen molar-refractivity contribution in [2.45, 2.75) is 12.5 Å². The average molecular weight is 259 g/mol. The van der Waals surface area contributed by atoms with E-state index in [-0.39, 0.29) is 0 Å². The number of rotatable bonds is 5. The molecule has 0 spiro atoms. The fourth-order valence-corrected chi connectivity index (χ4v) is 1.96. The van der Waals surface area contributed by atoms with Gasteiger partial charge in [-0.05, 0) is 29.8 Å². The molecule has 0 saturated carbocycles. The van der Waals surface area contributed by atoms with Gasteiger partial charge in [0.2, 0.25) is 5.88 Å². The molecule has 1 atom stereocenters. The number of aliphatic hydroxyl groups is 1. The summed E-state index contributed by atoms with van der Waals surface area (Å²) in [5.41, 5.74) is 1.69. The molecule has 1 aromatic carbocycles. The Labute approximate surface area is 112 Å². The molecule has 4 heteroatoms. The van der Waals surface area contributed by atoms with E-state index >= 15 is 0 Å². The number of benzene rings is 1. The molecule has 0 aliphatic heterocycles. The molecule has 0 saturated heterocycles. The zero-order valence-electron chi connectivity index (χ0n) is 11.0. The van der Waals surface area contributed by atoms with Gasteiger partial charge in [-0.3, -0.25) is 0 Å². The summed E-state index contributed by atoms with van der Waals surface area (Å²) in [6, 6.07) is 11.2. The van der Waals surface area contributed by atoms with Crippen molar-refractivity contribution in [3.05, 3.63) is 53.7 Å². The number of methoxy groups -OCH3 is 2. The van der Waals surface area contributed by atoms with E-state index in [1.165, 1.54) is 0 Å². The maximum Gasteiger partial charge on any atom is 0.218 e. The SMILES string of the molecule is COc1cccc(CC(O)c2cccnc2OC)c1. The predicted octanol–water partition coefficient (Wildman–Crippen LogP) is 2.37. The summed E-state index contributed by atoms with van der Waals surface area (Å²) < 4.78 is 10.3. The third-order valence-electron chi connectivity index (χ3n) is 2.92. The van der Waals surface area contributed by atoms with Crippen molar-refractivity contribution < 1.29 is 14.6 Å². The van der Waals surface area contributed by atoms with Crippen LogP contribution >= 0.6 is 0 Å². The molecule has 0 amide bonds. The molecule has 1 unspecified atom stereocenters. The molecule has 0 bridgehead atoms. The topological polar surface area (TPSA) is 51.6 Å². The number of hydrogen-bond acceptors (Lipinski definition) is 4. The van der Waals surface area contributed by atoms with Crippen LogP contribution in [0.5, 0.6) is 11.6 Å². The lowest BCUT2D eigenvalue weighted by atomic mass is 10.0. The van der Waals surface area contributed by atoms with E-state index in [4.69, 9.17) is 9.47 Å². The van der Waals surface area contributed by atoms with Gasteiger partial charge in [-0.25, -0.2) is 4.98 Å². The van der Waals surface area contributed by atoms with Crippen LogP contribution < -0.4 is 9.47 Å². The number of pyridine rings is 1. The summed E-state index contributed by atoms with van der Waals surface area (Å²) in [7, 11) is 3.17. The van der Waals surface area contributed by atoms with Crippen LogP contribution in [0, 0.1) is 0 Å². The van der Waals surface area contributed by atoms with Gasteiger partial charge in [0.15, 0.2) is 0 Å². The highest BCUT2D eigenvalue weighted by atomic mass is 16.5. The first-order valence-electron chi connectivity index (χ1n) is 6.04. The van der Waals surface area contributed by atoms with Gasteiger partial charge in [0.1, 0.15) is 5.75 Å². The summed E-state index contributed by atoms with van der Waals surface area (Å²) in [6.07, 6.45) is 1.47. The average Bonchev–Trinajstić information content (AvgIpc) is 2.47. The first-order chi connectivity index (χ1) is 9.24. The van der Waals surface area contributed by atoms with Crippen molar-refractivity contribution in [3.63, 3.8) is 0 Å². The summed E-state index contributed by atoms with van der Waals surface area (Å²) in [4.78, 5) is 4.09. The Bertz CT molecular complexity index is 542. The molecule has 0 radical (unpaired) electrons. The zero-order chi connectivity index (χ0) is 13.7. The Morgan fingerprint density at radius 1 is 1.16 bits per heavy atom. The van der Waals surface area contributed by atoms with Crippen molar-refractivity contribution in [1.82, 2.24) is 4.98 Å². The summed E-state index contributed by atoms with van der Waals surface area (Å²) in [5.74, 6) is 1.24. The van der Waals surface area contributed by atoms with Gasteiger partial charge in [-0.1, -0.05) is 12.1 Å². The highest BCUT2D eigenvalue weighted by Crippen LogP contribution is 2.26. The lowest BCUT2D eigenvalue weighted by Gasteiger charge is -2.14. The fourth-order valence-electron chi connectivity index (χ4n) is 1.96. The molecule has 1 aromatic heterocycles. The van der Waals surface area contributed by atoms with Crippen molar-refractivity contribution in [1.29, 1.82) is 0 Å². The van der Waals surface area contributed by atoms with Gasteiger partial charge < -0.3 is 14.6 Å². The van der Waals surface area contributed by atoms with Gasteiger partial charge >= 0.3 is 0 Å². The molecular weight excluding hydrogens is 242 g/mol. The van der Waals surface area contributed by atoms with Crippen LogP contribution in [0.3, 0.4) is 0 Å². The molecule has 4 nitrogen and oxygen atoms in total. The van der Waals surface area contributed by atoms with Crippen LogP contribution in [0.25, 0.3) is 0 Å². The van der Waals surface area contributed by atoms with Gasteiger partial charge in [0.05, 0.1) is 20.3 Å². The summed E-state index contributed by atoms with van der Waals surface area (Å²) >= 11 is 0. The molecule has 2 aromatic rings. The molecule has 1 heterocycles. The molecule has 0 aliphatic rings. The number of aliphatic hydroxyl groups excluding tert-OH is 1. The van der Waals surface area contributed by atoms with Crippen molar-refractivity contribution in [2.75, 3.05) is 14.2 Å². The second-order valence-electron chi connectivity index (χ2n) is 4.17.